The standard InChI is InChI=1S/C12H10FNO2S/c13-10-6-8(15)3-4-11(10)14-12(16)7-9-2-1-5-17-9/h1-6,15H,7H2,(H,14,16). The molecule has 0 fully saturated rings. The quantitative estimate of drug-likeness (QED) is 0.824. The summed E-state index contributed by atoms with van der Waals surface area (Å²) in [4.78, 5) is 12.5. The first-order chi connectivity index (χ1) is 8.15. The van der Waals surface area contributed by atoms with Crippen molar-refractivity contribution in [2.45, 2.75) is 6.42 Å². The minimum atomic E-state index is -0.649. The Morgan fingerprint density at radius 2 is 2.24 bits per heavy atom. The van der Waals surface area contributed by atoms with Crippen molar-refractivity contribution in [2.24, 2.45) is 0 Å². The van der Waals surface area contributed by atoms with E-state index in [1.54, 1.807) is 0 Å². The van der Waals surface area contributed by atoms with Crippen molar-refractivity contribution in [2.75, 3.05) is 5.32 Å². The van der Waals surface area contributed by atoms with Crippen LogP contribution < -0.4 is 5.32 Å². The van der Waals surface area contributed by atoms with Crippen molar-refractivity contribution in [3.8, 4) is 5.75 Å². The molecule has 1 aromatic carbocycles. The predicted molar refractivity (Wildman–Crippen MR) is 64.7 cm³/mol. The number of carbonyl (C=O) groups is 1. The fourth-order valence-electron chi connectivity index (χ4n) is 1.37. The summed E-state index contributed by atoms with van der Waals surface area (Å²) in [6.45, 7) is 0. The van der Waals surface area contributed by atoms with E-state index in [0.29, 0.717) is 0 Å². The van der Waals surface area contributed by atoms with Crippen LogP contribution in [0, 0.1) is 5.82 Å². The van der Waals surface area contributed by atoms with Gasteiger partial charge in [-0.25, -0.2) is 4.39 Å². The van der Waals surface area contributed by atoms with Crippen LogP contribution in [0.15, 0.2) is 35.7 Å². The van der Waals surface area contributed by atoms with E-state index in [1.165, 1.54) is 23.5 Å². The number of carbonyl (C=O) groups excluding carboxylic acids is 1. The Labute approximate surface area is 102 Å². The third kappa shape index (κ3) is 3.04. The highest BCUT2D eigenvalue weighted by Crippen LogP contribution is 2.19. The minimum Gasteiger partial charge on any atom is -0.508 e. The Morgan fingerprint density at radius 1 is 1.41 bits per heavy atom. The zero-order valence-electron chi connectivity index (χ0n) is 8.81. The van der Waals surface area contributed by atoms with Crippen LogP contribution in [0.1, 0.15) is 4.88 Å². The normalized spacial score (nSPS) is 10.2. The molecule has 2 aromatic rings. The van der Waals surface area contributed by atoms with Gasteiger partial charge >= 0.3 is 0 Å². The van der Waals surface area contributed by atoms with Gasteiger partial charge < -0.3 is 10.4 Å². The second kappa shape index (κ2) is 4.97. The highest BCUT2D eigenvalue weighted by Gasteiger charge is 2.08. The zero-order chi connectivity index (χ0) is 12.3. The molecule has 0 aliphatic carbocycles. The molecular formula is C12H10FNO2S. The van der Waals surface area contributed by atoms with Crippen LogP contribution in [0.25, 0.3) is 0 Å². The van der Waals surface area contributed by atoms with Gasteiger partial charge in [-0.15, -0.1) is 11.3 Å². The molecule has 88 valence electrons. The summed E-state index contributed by atoms with van der Waals surface area (Å²) in [5.41, 5.74) is 0.0735. The number of aromatic hydroxyl groups is 1. The number of phenolic OH excluding ortho intramolecular Hbond substituents is 1. The molecular weight excluding hydrogens is 241 g/mol. The third-order valence-electron chi connectivity index (χ3n) is 2.14. The number of nitrogens with one attached hydrogen (secondary N) is 1. The highest BCUT2D eigenvalue weighted by molar-refractivity contribution is 7.10. The molecule has 0 saturated carbocycles. The van der Waals surface area contributed by atoms with Gasteiger partial charge in [0.25, 0.3) is 0 Å². The van der Waals surface area contributed by atoms with E-state index in [1.807, 2.05) is 17.5 Å². The minimum absolute atomic E-state index is 0.0735. The third-order valence-corrected chi connectivity index (χ3v) is 3.02. The number of amides is 1. The van der Waals surface area contributed by atoms with Crippen LogP contribution in [0.2, 0.25) is 0 Å². The lowest BCUT2D eigenvalue weighted by molar-refractivity contribution is -0.115. The first-order valence-corrected chi connectivity index (χ1v) is 5.84. The molecule has 2 rings (SSSR count). The van der Waals surface area contributed by atoms with Crippen molar-refractivity contribution < 1.29 is 14.3 Å². The summed E-state index contributed by atoms with van der Waals surface area (Å²) in [6.07, 6.45) is 0.220. The number of rotatable bonds is 3. The van der Waals surface area contributed by atoms with Crippen molar-refractivity contribution >= 4 is 22.9 Å². The molecule has 0 bridgehead atoms. The predicted octanol–water partition coefficient (Wildman–Crippen LogP) is 2.77. The average molecular weight is 251 g/mol. The topological polar surface area (TPSA) is 49.3 Å². The van der Waals surface area contributed by atoms with E-state index in [9.17, 15) is 9.18 Å². The van der Waals surface area contributed by atoms with Gasteiger partial charge in [-0.2, -0.15) is 0 Å². The summed E-state index contributed by atoms with van der Waals surface area (Å²) in [7, 11) is 0. The molecule has 0 aliphatic heterocycles. The first kappa shape index (κ1) is 11.6. The van der Waals surface area contributed by atoms with Crippen LogP contribution >= 0.6 is 11.3 Å². The lowest BCUT2D eigenvalue weighted by atomic mass is 10.2. The SMILES string of the molecule is O=C(Cc1cccs1)Nc1ccc(O)cc1F. The fraction of sp³-hybridized carbons (Fsp3) is 0.0833. The van der Waals surface area contributed by atoms with Crippen LogP contribution in [0.4, 0.5) is 10.1 Å². The highest BCUT2D eigenvalue weighted by atomic mass is 32.1. The van der Waals surface area contributed by atoms with Crippen LogP contribution in [-0.2, 0) is 11.2 Å². The maximum absolute atomic E-state index is 13.3. The molecule has 2 N–H and O–H groups in total. The lowest BCUT2D eigenvalue weighted by Crippen LogP contribution is -2.14. The lowest BCUT2D eigenvalue weighted by Gasteiger charge is -2.05. The summed E-state index contributed by atoms with van der Waals surface area (Å²) in [5, 5.41) is 13.4. The Morgan fingerprint density at radius 3 is 2.88 bits per heavy atom. The number of thiophene rings is 1. The average Bonchev–Trinajstić information content (AvgIpc) is 2.75. The van der Waals surface area contributed by atoms with Gasteiger partial charge in [0.2, 0.25) is 5.91 Å². The van der Waals surface area contributed by atoms with Crippen molar-refractivity contribution in [1.82, 2.24) is 0 Å². The molecule has 1 amide bonds. The smallest absolute Gasteiger partial charge is 0.229 e. The molecule has 5 heteroatoms. The zero-order valence-corrected chi connectivity index (χ0v) is 9.63. The maximum atomic E-state index is 13.3. The molecule has 0 unspecified atom stereocenters. The van der Waals surface area contributed by atoms with E-state index in [2.05, 4.69) is 5.32 Å². The van der Waals surface area contributed by atoms with Crippen molar-refractivity contribution in [3.63, 3.8) is 0 Å². The maximum Gasteiger partial charge on any atom is 0.229 e. The summed E-state index contributed by atoms with van der Waals surface area (Å²) in [5.74, 6) is -1.10. The van der Waals surface area contributed by atoms with Crippen molar-refractivity contribution in [3.05, 3.63) is 46.4 Å². The number of anilines is 1. The van der Waals surface area contributed by atoms with Gasteiger partial charge in [0.05, 0.1) is 12.1 Å². The van der Waals surface area contributed by atoms with Crippen LogP contribution in [-0.4, -0.2) is 11.0 Å². The van der Waals surface area contributed by atoms with E-state index >= 15 is 0 Å². The number of benzene rings is 1. The Balaban J connectivity index is 2.03. The second-order valence-corrected chi connectivity index (χ2v) is 4.50. The van der Waals surface area contributed by atoms with Gasteiger partial charge in [0.1, 0.15) is 11.6 Å². The van der Waals surface area contributed by atoms with Gasteiger partial charge in [-0.05, 0) is 23.6 Å². The van der Waals surface area contributed by atoms with Gasteiger partial charge in [0.15, 0.2) is 0 Å². The summed E-state index contributed by atoms with van der Waals surface area (Å²) < 4.78 is 13.3. The molecule has 1 heterocycles. The Hall–Kier alpha value is -1.88. The second-order valence-electron chi connectivity index (χ2n) is 3.47. The number of hydrogen-bond acceptors (Lipinski definition) is 3. The van der Waals surface area contributed by atoms with E-state index < -0.39 is 5.82 Å². The van der Waals surface area contributed by atoms with E-state index in [0.717, 1.165) is 10.9 Å². The monoisotopic (exact) mass is 251 g/mol. The first-order valence-electron chi connectivity index (χ1n) is 4.96. The largest absolute Gasteiger partial charge is 0.508 e. The van der Waals surface area contributed by atoms with Crippen LogP contribution in [0.5, 0.6) is 5.75 Å². The number of hydrogen-bond donors (Lipinski definition) is 2. The molecule has 1 aromatic heterocycles. The van der Waals surface area contributed by atoms with Gasteiger partial charge in [-0.3, -0.25) is 4.79 Å². The molecule has 0 spiro atoms. The molecule has 0 aliphatic rings. The number of halogens is 1. The summed E-state index contributed by atoms with van der Waals surface area (Å²) >= 11 is 1.47. The fourth-order valence-corrected chi connectivity index (χ4v) is 2.07. The van der Waals surface area contributed by atoms with Crippen LogP contribution in [0.3, 0.4) is 0 Å². The van der Waals surface area contributed by atoms with Gasteiger partial charge in [-0.1, -0.05) is 6.07 Å². The molecule has 0 saturated heterocycles. The molecule has 3 nitrogen and oxygen atoms in total. The Bertz CT molecular complexity index is 525. The number of phenols is 1. The van der Waals surface area contributed by atoms with Crippen molar-refractivity contribution in [1.29, 1.82) is 0 Å². The van der Waals surface area contributed by atoms with Gasteiger partial charge in [0, 0.05) is 10.9 Å². The van der Waals surface area contributed by atoms with E-state index in [-0.39, 0.29) is 23.8 Å². The Kier molecular flexibility index (Phi) is 3.39. The summed E-state index contributed by atoms with van der Waals surface area (Å²) in [6, 6.07) is 7.31. The molecule has 0 radical (unpaired) electrons. The molecule has 17 heavy (non-hydrogen) atoms. The van der Waals surface area contributed by atoms with E-state index in [4.69, 9.17) is 5.11 Å². The molecule has 0 atom stereocenters.